The van der Waals surface area contributed by atoms with E-state index in [4.69, 9.17) is 10.2 Å². The van der Waals surface area contributed by atoms with E-state index in [1.165, 1.54) is 12.1 Å². The number of nitrogens with zero attached hydrogens (tertiary/aromatic N) is 2. The maximum Gasteiger partial charge on any atom is 0.247 e. The number of nitrogens with two attached hydrogens (primary N) is 1. The van der Waals surface area contributed by atoms with Crippen LogP contribution in [0.1, 0.15) is 5.89 Å². The topological polar surface area (TPSA) is 64.9 Å². The standard InChI is InChI=1S/C15H12FN3OS/c16-11-3-1-2-10(8-11)15-19-18-14(20-15)9-21-13-6-4-12(17)5-7-13/h1-8H,9,17H2. The van der Waals surface area contributed by atoms with Crippen LogP contribution in [0.4, 0.5) is 10.1 Å². The highest BCUT2D eigenvalue weighted by molar-refractivity contribution is 7.98. The zero-order valence-corrected chi connectivity index (χ0v) is 11.8. The summed E-state index contributed by atoms with van der Waals surface area (Å²) in [6.07, 6.45) is 0. The van der Waals surface area contributed by atoms with E-state index in [1.54, 1.807) is 23.9 Å². The van der Waals surface area contributed by atoms with Gasteiger partial charge in [0.2, 0.25) is 11.8 Å². The molecule has 6 heteroatoms. The van der Waals surface area contributed by atoms with Crippen molar-refractivity contribution < 1.29 is 8.81 Å². The molecule has 0 saturated carbocycles. The lowest BCUT2D eigenvalue weighted by Crippen LogP contribution is -1.84. The summed E-state index contributed by atoms with van der Waals surface area (Å²) in [6.45, 7) is 0. The predicted octanol–water partition coefficient (Wildman–Crippen LogP) is 3.75. The first-order valence-corrected chi connectivity index (χ1v) is 7.26. The van der Waals surface area contributed by atoms with Gasteiger partial charge >= 0.3 is 0 Å². The molecule has 3 rings (SSSR count). The van der Waals surface area contributed by atoms with Crippen LogP contribution in [-0.2, 0) is 5.75 Å². The maximum atomic E-state index is 13.2. The van der Waals surface area contributed by atoms with Crippen molar-refractivity contribution in [1.29, 1.82) is 0 Å². The normalized spacial score (nSPS) is 10.7. The van der Waals surface area contributed by atoms with E-state index in [0.29, 0.717) is 23.1 Å². The van der Waals surface area contributed by atoms with Crippen molar-refractivity contribution in [2.45, 2.75) is 10.6 Å². The lowest BCUT2D eigenvalue weighted by molar-refractivity contribution is 0.527. The van der Waals surface area contributed by atoms with Crippen LogP contribution in [-0.4, -0.2) is 10.2 Å². The molecule has 0 spiro atoms. The summed E-state index contributed by atoms with van der Waals surface area (Å²) in [5.41, 5.74) is 6.94. The molecule has 0 amide bonds. The molecular formula is C15H12FN3OS. The van der Waals surface area contributed by atoms with Crippen molar-refractivity contribution in [2.75, 3.05) is 5.73 Å². The second-order valence-corrected chi connectivity index (χ2v) is 5.42. The number of anilines is 1. The van der Waals surface area contributed by atoms with Crippen LogP contribution in [0.15, 0.2) is 57.8 Å². The van der Waals surface area contributed by atoms with E-state index in [2.05, 4.69) is 10.2 Å². The Morgan fingerprint density at radius 1 is 1.10 bits per heavy atom. The summed E-state index contributed by atoms with van der Waals surface area (Å²) in [7, 11) is 0. The van der Waals surface area contributed by atoms with Crippen LogP contribution in [0, 0.1) is 5.82 Å². The molecule has 0 bridgehead atoms. The van der Waals surface area contributed by atoms with Gasteiger partial charge in [0, 0.05) is 16.1 Å². The van der Waals surface area contributed by atoms with Crippen LogP contribution in [0.5, 0.6) is 0 Å². The Labute approximate surface area is 125 Å². The smallest absolute Gasteiger partial charge is 0.247 e. The quantitative estimate of drug-likeness (QED) is 0.587. The first kappa shape index (κ1) is 13.6. The zero-order chi connectivity index (χ0) is 14.7. The van der Waals surface area contributed by atoms with Crippen LogP contribution in [0.3, 0.4) is 0 Å². The minimum absolute atomic E-state index is 0.322. The van der Waals surface area contributed by atoms with E-state index in [9.17, 15) is 4.39 Å². The fourth-order valence-corrected chi connectivity index (χ4v) is 2.49. The lowest BCUT2D eigenvalue weighted by Gasteiger charge is -1.99. The molecule has 0 atom stereocenters. The van der Waals surface area contributed by atoms with Crippen LogP contribution >= 0.6 is 11.8 Å². The zero-order valence-electron chi connectivity index (χ0n) is 11.0. The van der Waals surface area contributed by atoms with Gasteiger partial charge in [-0.1, -0.05) is 6.07 Å². The van der Waals surface area contributed by atoms with E-state index < -0.39 is 0 Å². The minimum Gasteiger partial charge on any atom is -0.420 e. The van der Waals surface area contributed by atoms with Gasteiger partial charge in [0.1, 0.15) is 5.82 Å². The third kappa shape index (κ3) is 3.41. The molecule has 1 aromatic heterocycles. The Bertz CT molecular complexity index is 743. The van der Waals surface area contributed by atoms with E-state index in [0.717, 1.165) is 10.6 Å². The number of benzene rings is 2. The van der Waals surface area contributed by atoms with Crippen LogP contribution < -0.4 is 5.73 Å². The number of rotatable bonds is 4. The molecular weight excluding hydrogens is 289 g/mol. The molecule has 0 saturated heterocycles. The second-order valence-electron chi connectivity index (χ2n) is 4.37. The summed E-state index contributed by atoms with van der Waals surface area (Å²) >= 11 is 1.57. The summed E-state index contributed by atoms with van der Waals surface area (Å²) in [6, 6.07) is 13.6. The number of hydrogen-bond acceptors (Lipinski definition) is 5. The van der Waals surface area contributed by atoms with E-state index in [1.807, 2.05) is 24.3 Å². The molecule has 1 heterocycles. The van der Waals surface area contributed by atoms with Crippen molar-refractivity contribution in [1.82, 2.24) is 10.2 Å². The first-order valence-electron chi connectivity index (χ1n) is 6.27. The number of nitrogen functional groups attached to an aromatic ring is 1. The largest absolute Gasteiger partial charge is 0.420 e. The highest BCUT2D eigenvalue weighted by Gasteiger charge is 2.09. The highest BCUT2D eigenvalue weighted by atomic mass is 32.2. The molecule has 0 aliphatic heterocycles. The van der Waals surface area contributed by atoms with Gasteiger partial charge in [-0.2, -0.15) is 0 Å². The van der Waals surface area contributed by atoms with Crippen molar-refractivity contribution in [2.24, 2.45) is 0 Å². The Kier molecular flexibility index (Phi) is 3.87. The Hall–Kier alpha value is -2.34. The summed E-state index contributed by atoms with van der Waals surface area (Å²) in [4.78, 5) is 1.06. The van der Waals surface area contributed by atoms with Crippen molar-refractivity contribution in [3.05, 3.63) is 60.2 Å². The molecule has 0 fully saturated rings. The fraction of sp³-hybridized carbons (Fsp3) is 0.0667. The number of thioether (sulfide) groups is 1. The fourth-order valence-electron chi connectivity index (χ4n) is 1.76. The average molecular weight is 301 g/mol. The number of aromatic nitrogens is 2. The van der Waals surface area contributed by atoms with Gasteiger partial charge in [-0.25, -0.2) is 4.39 Å². The van der Waals surface area contributed by atoms with Gasteiger partial charge < -0.3 is 10.2 Å². The number of hydrogen-bond donors (Lipinski definition) is 1. The Morgan fingerprint density at radius 3 is 2.67 bits per heavy atom. The molecule has 0 radical (unpaired) electrons. The third-order valence-electron chi connectivity index (χ3n) is 2.78. The number of halogens is 1. The average Bonchev–Trinajstić information content (AvgIpc) is 2.96. The lowest BCUT2D eigenvalue weighted by atomic mass is 10.2. The predicted molar refractivity (Wildman–Crippen MR) is 80.1 cm³/mol. The van der Waals surface area contributed by atoms with Crippen molar-refractivity contribution in [3.63, 3.8) is 0 Å². The molecule has 0 unspecified atom stereocenters. The van der Waals surface area contributed by atoms with Gasteiger partial charge in [-0.3, -0.25) is 0 Å². The molecule has 4 nitrogen and oxygen atoms in total. The summed E-state index contributed by atoms with van der Waals surface area (Å²) in [5.74, 6) is 1.04. The van der Waals surface area contributed by atoms with Gasteiger partial charge in [0.05, 0.1) is 5.75 Å². The van der Waals surface area contributed by atoms with Crippen molar-refractivity contribution in [3.8, 4) is 11.5 Å². The van der Waals surface area contributed by atoms with Crippen LogP contribution in [0.25, 0.3) is 11.5 Å². The third-order valence-corrected chi connectivity index (χ3v) is 3.78. The second kappa shape index (κ2) is 5.97. The molecule has 21 heavy (non-hydrogen) atoms. The molecule has 2 N–H and O–H groups in total. The summed E-state index contributed by atoms with van der Waals surface area (Å²) < 4.78 is 18.7. The van der Waals surface area contributed by atoms with Gasteiger partial charge in [0.15, 0.2) is 0 Å². The van der Waals surface area contributed by atoms with E-state index >= 15 is 0 Å². The molecule has 106 valence electrons. The van der Waals surface area contributed by atoms with Gasteiger partial charge in [0.25, 0.3) is 0 Å². The Morgan fingerprint density at radius 2 is 1.90 bits per heavy atom. The monoisotopic (exact) mass is 301 g/mol. The molecule has 0 aliphatic carbocycles. The van der Waals surface area contributed by atoms with Gasteiger partial charge in [-0.15, -0.1) is 22.0 Å². The van der Waals surface area contributed by atoms with E-state index in [-0.39, 0.29) is 5.82 Å². The highest BCUT2D eigenvalue weighted by Crippen LogP contribution is 2.25. The molecule has 0 aliphatic rings. The van der Waals surface area contributed by atoms with Crippen molar-refractivity contribution >= 4 is 17.4 Å². The Balaban J connectivity index is 1.69. The van der Waals surface area contributed by atoms with Gasteiger partial charge in [-0.05, 0) is 42.5 Å². The first-order chi connectivity index (χ1) is 10.2. The summed E-state index contributed by atoms with van der Waals surface area (Å²) in [5, 5.41) is 7.91. The molecule has 3 aromatic rings. The minimum atomic E-state index is -0.330. The van der Waals surface area contributed by atoms with Crippen LogP contribution in [0.2, 0.25) is 0 Å². The molecule has 2 aromatic carbocycles. The SMILES string of the molecule is Nc1ccc(SCc2nnc(-c3cccc(F)c3)o2)cc1. The maximum absolute atomic E-state index is 13.2.